The molecule has 0 aromatic carbocycles. The molecule has 1 saturated carbocycles. The van der Waals surface area contributed by atoms with Crippen LogP contribution in [0, 0.1) is 5.92 Å². The molecule has 1 N–H and O–H groups in total. The molecule has 1 aromatic rings. The number of aromatic nitrogens is 1. The van der Waals surface area contributed by atoms with E-state index < -0.39 is 5.60 Å². The van der Waals surface area contributed by atoms with E-state index in [2.05, 4.69) is 10.3 Å². The van der Waals surface area contributed by atoms with Gasteiger partial charge in [0, 0.05) is 20.3 Å². The van der Waals surface area contributed by atoms with Crippen LogP contribution in [-0.2, 0) is 14.3 Å². The number of pyridine rings is 1. The second-order valence-electron chi connectivity index (χ2n) is 5.27. The Morgan fingerprint density at radius 3 is 2.67 bits per heavy atom. The van der Waals surface area contributed by atoms with Crippen molar-refractivity contribution in [2.75, 3.05) is 32.8 Å². The number of ether oxygens (including phenoxy) is 3. The molecule has 0 spiro atoms. The smallest absolute Gasteiger partial charge is 0.256 e. The molecule has 1 heterocycles. The molecule has 2 rings (SSSR count). The minimum Gasteiger partial charge on any atom is -0.475 e. The van der Waals surface area contributed by atoms with Crippen LogP contribution in [0.1, 0.15) is 19.8 Å². The maximum atomic E-state index is 12.3. The number of nitrogens with zero attached hydrogens (tertiary/aromatic N) is 1. The van der Waals surface area contributed by atoms with Crippen molar-refractivity contribution in [3.05, 3.63) is 18.3 Å². The van der Waals surface area contributed by atoms with E-state index in [0.717, 1.165) is 12.8 Å². The highest BCUT2D eigenvalue weighted by atomic mass is 16.5. The van der Waals surface area contributed by atoms with Gasteiger partial charge in [0.1, 0.15) is 12.2 Å². The van der Waals surface area contributed by atoms with E-state index in [1.54, 1.807) is 32.5 Å². The van der Waals surface area contributed by atoms with E-state index in [0.29, 0.717) is 30.7 Å². The van der Waals surface area contributed by atoms with Crippen LogP contribution in [-0.4, -0.2) is 43.9 Å². The normalized spacial score (nSPS) is 17.1. The lowest BCUT2D eigenvalue weighted by Crippen LogP contribution is -2.44. The van der Waals surface area contributed by atoms with Crippen LogP contribution in [0.5, 0.6) is 5.88 Å². The molecular formula is C15H22N2O4. The molecule has 1 aromatic heterocycles. The standard InChI is InChI=1S/C15H22N2O4/c1-15(20-3,11-4-5-11)14(18)17-12-6-7-13(16-10-12)21-9-8-19-2/h6-7,10-11H,4-5,8-9H2,1-3H3,(H,17,18)/t15-/m1/s1. The van der Waals surface area contributed by atoms with Crippen molar-refractivity contribution in [3.8, 4) is 5.88 Å². The highest BCUT2D eigenvalue weighted by molar-refractivity contribution is 5.97. The van der Waals surface area contributed by atoms with E-state index in [4.69, 9.17) is 14.2 Å². The van der Waals surface area contributed by atoms with Crippen molar-refractivity contribution >= 4 is 11.6 Å². The van der Waals surface area contributed by atoms with Gasteiger partial charge >= 0.3 is 0 Å². The molecule has 0 aliphatic heterocycles. The average molecular weight is 294 g/mol. The van der Waals surface area contributed by atoms with Gasteiger partial charge in [-0.3, -0.25) is 4.79 Å². The summed E-state index contributed by atoms with van der Waals surface area (Å²) in [6.45, 7) is 2.78. The van der Waals surface area contributed by atoms with Crippen molar-refractivity contribution in [3.63, 3.8) is 0 Å². The zero-order valence-electron chi connectivity index (χ0n) is 12.7. The van der Waals surface area contributed by atoms with Crippen LogP contribution in [0.3, 0.4) is 0 Å². The maximum absolute atomic E-state index is 12.3. The van der Waals surface area contributed by atoms with Gasteiger partial charge in [0.25, 0.3) is 5.91 Å². The Labute approximate surface area is 124 Å². The molecule has 0 unspecified atom stereocenters. The van der Waals surface area contributed by atoms with Crippen molar-refractivity contribution < 1.29 is 19.0 Å². The van der Waals surface area contributed by atoms with Gasteiger partial charge in [-0.1, -0.05) is 0 Å². The van der Waals surface area contributed by atoms with E-state index in [1.165, 1.54) is 0 Å². The summed E-state index contributed by atoms with van der Waals surface area (Å²) < 4.78 is 15.7. The quantitative estimate of drug-likeness (QED) is 0.741. The summed E-state index contributed by atoms with van der Waals surface area (Å²) in [5.74, 6) is 0.663. The highest BCUT2D eigenvalue weighted by Crippen LogP contribution is 2.42. The van der Waals surface area contributed by atoms with Crippen LogP contribution in [0.2, 0.25) is 0 Å². The van der Waals surface area contributed by atoms with Crippen molar-refractivity contribution in [1.82, 2.24) is 4.98 Å². The summed E-state index contributed by atoms with van der Waals surface area (Å²) >= 11 is 0. The number of carbonyl (C=O) groups is 1. The summed E-state index contributed by atoms with van der Waals surface area (Å²) in [6.07, 6.45) is 3.63. The van der Waals surface area contributed by atoms with Gasteiger partial charge in [-0.25, -0.2) is 4.98 Å². The van der Waals surface area contributed by atoms with Crippen LogP contribution in [0.15, 0.2) is 18.3 Å². The minimum atomic E-state index is -0.770. The number of carbonyl (C=O) groups excluding carboxylic acids is 1. The van der Waals surface area contributed by atoms with Gasteiger partial charge < -0.3 is 19.5 Å². The molecule has 6 heteroatoms. The fourth-order valence-corrected chi connectivity index (χ4v) is 2.10. The van der Waals surface area contributed by atoms with Crippen LogP contribution in [0.4, 0.5) is 5.69 Å². The first-order valence-electron chi connectivity index (χ1n) is 7.04. The molecule has 1 fully saturated rings. The van der Waals surface area contributed by atoms with Gasteiger partial charge in [0.05, 0.1) is 18.5 Å². The van der Waals surface area contributed by atoms with E-state index >= 15 is 0 Å². The number of hydrogen-bond donors (Lipinski definition) is 1. The number of anilines is 1. The van der Waals surface area contributed by atoms with E-state index in [9.17, 15) is 4.79 Å². The predicted molar refractivity (Wildman–Crippen MR) is 78.4 cm³/mol. The summed E-state index contributed by atoms with van der Waals surface area (Å²) in [5, 5.41) is 2.84. The Hall–Kier alpha value is -1.66. The first kappa shape index (κ1) is 15.7. The molecule has 0 saturated heterocycles. The topological polar surface area (TPSA) is 69.7 Å². The van der Waals surface area contributed by atoms with Gasteiger partial charge in [-0.15, -0.1) is 0 Å². The Morgan fingerprint density at radius 2 is 2.14 bits per heavy atom. The molecule has 116 valence electrons. The lowest BCUT2D eigenvalue weighted by atomic mass is 9.99. The van der Waals surface area contributed by atoms with Crippen molar-refractivity contribution in [1.29, 1.82) is 0 Å². The minimum absolute atomic E-state index is 0.137. The molecule has 1 aliphatic rings. The lowest BCUT2D eigenvalue weighted by molar-refractivity contribution is -0.138. The Morgan fingerprint density at radius 1 is 1.38 bits per heavy atom. The molecule has 0 bridgehead atoms. The van der Waals surface area contributed by atoms with Crippen LogP contribution < -0.4 is 10.1 Å². The van der Waals surface area contributed by atoms with E-state index in [-0.39, 0.29) is 5.91 Å². The number of hydrogen-bond acceptors (Lipinski definition) is 5. The fourth-order valence-electron chi connectivity index (χ4n) is 2.10. The predicted octanol–water partition coefficient (Wildman–Crippen LogP) is 1.86. The highest BCUT2D eigenvalue weighted by Gasteiger charge is 2.47. The Balaban J connectivity index is 1.92. The fraction of sp³-hybridized carbons (Fsp3) is 0.600. The van der Waals surface area contributed by atoms with E-state index in [1.807, 2.05) is 6.92 Å². The molecule has 1 atom stereocenters. The number of methoxy groups -OCH3 is 2. The third-order valence-electron chi connectivity index (χ3n) is 3.76. The summed E-state index contributed by atoms with van der Waals surface area (Å²) in [6, 6.07) is 3.47. The number of rotatable bonds is 8. The molecule has 0 radical (unpaired) electrons. The van der Waals surface area contributed by atoms with Gasteiger partial charge in [0.2, 0.25) is 5.88 Å². The SMILES string of the molecule is COCCOc1ccc(NC(=O)[C@](C)(OC)C2CC2)cn1. The first-order valence-corrected chi connectivity index (χ1v) is 7.04. The summed E-state index contributed by atoms with van der Waals surface area (Å²) in [4.78, 5) is 16.5. The lowest BCUT2D eigenvalue weighted by Gasteiger charge is -2.26. The third kappa shape index (κ3) is 3.92. The Kier molecular flexibility index (Phi) is 5.14. The zero-order valence-corrected chi connectivity index (χ0v) is 12.7. The van der Waals surface area contributed by atoms with Crippen LogP contribution in [0.25, 0.3) is 0 Å². The maximum Gasteiger partial charge on any atom is 0.256 e. The average Bonchev–Trinajstić information content (AvgIpc) is 3.33. The summed E-state index contributed by atoms with van der Waals surface area (Å²) in [5.41, 5.74) is -0.142. The second kappa shape index (κ2) is 6.87. The zero-order chi connectivity index (χ0) is 15.3. The molecule has 6 nitrogen and oxygen atoms in total. The van der Waals surface area contributed by atoms with Gasteiger partial charge in [-0.05, 0) is 31.7 Å². The Bertz CT molecular complexity index is 473. The van der Waals surface area contributed by atoms with Crippen molar-refractivity contribution in [2.24, 2.45) is 5.92 Å². The van der Waals surface area contributed by atoms with Crippen molar-refractivity contribution in [2.45, 2.75) is 25.4 Å². The summed E-state index contributed by atoms with van der Waals surface area (Å²) in [7, 11) is 3.19. The van der Waals surface area contributed by atoms with Crippen LogP contribution >= 0.6 is 0 Å². The second-order valence-corrected chi connectivity index (χ2v) is 5.27. The first-order chi connectivity index (χ1) is 10.1. The number of amides is 1. The monoisotopic (exact) mass is 294 g/mol. The molecule has 1 amide bonds. The largest absolute Gasteiger partial charge is 0.475 e. The number of nitrogens with one attached hydrogen (secondary N) is 1. The van der Waals surface area contributed by atoms with Gasteiger partial charge in [-0.2, -0.15) is 0 Å². The molecular weight excluding hydrogens is 272 g/mol. The van der Waals surface area contributed by atoms with Gasteiger partial charge in [0.15, 0.2) is 0 Å². The molecule has 1 aliphatic carbocycles. The molecule has 21 heavy (non-hydrogen) atoms. The third-order valence-corrected chi connectivity index (χ3v) is 3.76.